The monoisotopic (exact) mass is 370 g/mol. The zero-order chi connectivity index (χ0) is 19.6. The van der Waals surface area contributed by atoms with Crippen LogP contribution in [0.3, 0.4) is 0 Å². The SMILES string of the molecule is CCN(CC)C(=O)C1=C(C)Nc2nnnn2C1c1ccc(C(=O)OC)cc1. The van der Waals surface area contributed by atoms with Gasteiger partial charge in [0.15, 0.2) is 0 Å². The Labute approximate surface area is 157 Å². The summed E-state index contributed by atoms with van der Waals surface area (Å²) < 4.78 is 6.33. The average Bonchev–Trinajstić information content (AvgIpc) is 3.15. The van der Waals surface area contributed by atoms with Crippen molar-refractivity contribution in [2.24, 2.45) is 0 Å². The summed E-state index contributed by atoms with van der Waals surface area (Å²) >= 11 is 0. The Morgan fingerprint density at radius 2 is 1.89 bits per heavy atom. The maximum absolute atomic E-state index is 13.2. The van der Waals surface area contributed by atoms with Gasteiger partial charge in [-0.15, -0.1) is 0 Å². The van der Waals surface area contributed by atoms with E-state index in [-0.39, 0.29) is 5.91 Å². The van der Waals surface area contributed by atoms with Crippen molar-refractivity contribution < 1.29 is 14.3 Å². The molecule has 2 aromatic rings. The van der Waals surface area contributed by atoms with Crippen molar-refractivity contribution in [3.63, 3.8) is 0 Å². The van der Waals surface area contributed by atoms with Crippen LogP contribution in [0.4, 0.5) is 5.95 Å². The molecule has 9 heteroatoms. The summed E-state index contributed by atoms with van der Waals surface area (Å²) in [6.07, 6.45) is 0. The lowest BCUT2D eigenvalue weighted by Gasteiger charge is -2.31. The number of hydrogen-bond donors (Lipinski definition) is 1. The molecular formula is C18H22N6O3. The van der Waals surface area contributed by atoms with Crippen molar-refractivity contribution in [3.05, 3.63) is 46.7 Å². The van der Waals surface area contributed by atoms with E-state index in [2.05, 4.69) is 20.8 Å². The second kappa shape index (κ2) is 7.56. The minimum atomic E-state index is -0.490. The second-order valence-corrected chi connectivity index (χ2v) is 6.10. The van der Waals surface area contributed by atoms with Crippen molar-refractivity contribution in [2.75, 3.05) is 25.5 Å². The van der Waals surface area contributed by atoms with Gasteiger partial charge < -0.3 is 15.0 Å². The van der Waals surface area contributed by atoms with E-state index in [9.17, 15) is 9.59 Å². The molecule has 1 aliphatic heterocycles. The van der Waals surface area contributed by atoms with Crippen LogP contribution in [0.1, 0.15) is 42.7 Å². The highest BCUT2D eigenvalue weighted by Crippen LogP contribution is 2.35. The van der Waals surface area contributed by atoms with Crippen molar-refractivity contribution in [1.29, 1.82) is 0 Å². The first kappa shape index (κ1) is 18.6. The number of anilines is 1. The number of likely N-dealkylation sites (N-methyl/N-ethyl adjacent to an activating group) is 1. The van der Waals surface area contributed by atoms with Crippen molar-refractivity contribution in [3.8, 4) is 0 Å². The number of tetrazole rings is 1. The summed E-state index contributed by atoms with van der Waals surface area (Å²) in [4.78, 5) is 26.6. The Morgan fingerprint density at radius 3 is 2.48 bits per heavy atom. The van der Waals surface area contributed by atoms with E-state index in [0.717, 1.165) is 5.56 Å². The Morgan fingerprint density at radius 1 is 1.22 bits per heavy atom. The Bertz CT molecular complexity index is 883. The molecule has 1 aromatic carbocycles. The summed E-state index contributed by atoms with van der Waals surface area (Å²) in [5.74, 6) is -0.0278. The maximum Gasteiger partial charge on any atom is 0.337 e. The molecule has 3 rings (SSSR count). The van der Waals surface area contributed by atoms with Gasteiger partial charge in [-0.25, -0.2) is 4.79 Å². The molecule has 0 radical (unpaired) electrons. The number of methoxy groups -OCH3 is 1. The average molecular weight is 370 g/mol. The van der Waals surface area contributed by atoms with Crippen LogP contribution >= 0.6 is 0 Å². The number of carbonyl (C=O) groups is 2. The fraction of sp³-hybridized carbons (Fsp3) is 0.389. The number of hydrogen-bond acceptors (Lipinski definition) is 7. The van der Waals surface area contributed by atoms with Gasteiger partial charge in [0.2, 0.25) is 5.95 Å². The molecule has 0 spiro atoms. The van der Waals surface area contributed by atoms with Gasteiger partial charge in [0, 0.05) is 18.8 Å². The Kier molecular flexibility index (Phi) is 5.20. The largest absolute Gasteiger partial charge is 0.465 e. The highest BCUT2D eigenvalue weighted by Gasteiger charge is 2.35. The van der Waals surface area contributed by atoms with Crippen LogP contribution in [0.25, 0.3) is 0 Å². The van der Waals surface area contributed by atoms with E-state index in [1.807, 2.05) is 20.8 Å². The van der Waals surface area contributed by atoms with Crippen LogP contribution in [0.5, 0.6) is 0 Å². The highest BCUT2D eigenvalue weighted by molar-refractivity contribution is 5.97. The maximum atomic E-state index is 13.2. The standard InChI is InChI=1S/C18H22N6O3/c1-5-23(6-2)16(25)14-11(3)19-18-20-21-22-24(18)15(14)12-7-9-13(10-8-12)17(26)27-4/h7-10,15H,5-6H2,1-4H3,(H,19,20,22). The molecule has 0 saturated carbocycles. The predicted molar refractivity (Wildman–Crippen MR) is 98.0 cm³/mol. The fourth-order valence-corrected chi connectivity index (χ4v) is 3.20. The number of rotatable bonds is 5. The van der Waals surface area contributed by atoms with Gasteiger partial charge >= 0.3 is 5.97 Å². The molecule has 2 heterocycles. The van der Waals surface area contributed by atoms with E-state index >= 15 is 0 Å². The van der Waals surface area contributed by atoms with Gasteiger partial charge in [-0.05, 0) is 48.9 Å². The summed E-state index contributed by atoms with van der Waals surface area (Å²) in [6, 6.07) is 6.42. The minimum Gasteiger partial charge on any atom is -0.465 e. The number of aromatic nitrogens is 4. The van der Waals surface area contributed by atoms with Crippen LogP contribution in [-0.2, 0) is 9.53 Å². The molecule has 1 aliphatic rings. The predicted octanol–water partition coefficient (Wildman–Crippen LogP) is 1.62. The number of carbonyl (C=O) groups excluding carboxylic acids is 2. The number of ether oxygens (including phenoxy) is 1. The highest BCUT2D eigenvalue weighted by atomic mass is 16.5. The molecule has 1 unspecified atom stereocenters. The Hall–Kier alpha value is -3.23. The van der Waals surface area contributed by atoms with Crippen molar-refractivity contribution in [1.82, 2.24) is 25.1 Å². The summed E-state index contributed by atoms with van der Waals surface area (Å²) in [7, 11) is 1.34. The number of nitrogens with zero attached hydrogens (tertiary/aromatic N) is 5. The van der Waals surface area contributed by atoms with E-state index in [4.69, 9.17) is 4.74 Å². The topological polar surface area (TPSA) is 102 Å². The zero-order valence-electron chi connectivity index (χ0n) is 15.8. The van der Waals surface area contributed by atoms with Gasteiger partial charge in [0.25, 0.3) is 5.91 Å². The van der Waals surface area contributed by atoms with E-state index < -0.39 is 12.0 Å². The van der Waals surface area contributed by atoms with Crippen LogP contribution in [0.2, 0.25) is 0 Å². The molecule has 0 saturated heterocycles. The smallest absolute Gasteiger partial charge is 0.337 e. The van der Waals surface area contributed by atoms with Gasteiger partial charge in [-0.1, -0.05) is 17.2 Å². The van der Waals surface area contributed by atoms with Crippen molar-refractivity contribution in [2.45, 2.75) is 26.8 Å². The molecule has 0 aliphatic carbocycles. The minimum absolute atomic E-state index is 0.0757. The second-order valence-electron chi connectivity index (χ2n) is 6.10. The normalized spacial score (nSPS) is 15.8. The molecule has 0 bridgehead atoms. The van der Waals surface area contributed by atoms with Gasteiger partial charge in [-0.2, -0.15) is 4.68 Å². The van der Waals surface area contributed by atoms with Crippen molar-refractivity contribution >= 4 is 17.8 Å². The molecule has 0 fully saturated rings. The summed E-state index contributed by atoms with van der Waals surface area (Å²) in [5.41, 5.74) is 2.51. The zero-order valence-corrected chi connectivity index (χ0v) is 15.8. The number of esters is 1. The quantitative estimate of drug-likeness (QED) is 0.798. The first-order valence-corrected chi connectivity index (χ1v) is 8.75. The molecule has 9 nitrogen and oxygen atoms in total. The molecule has 27 heavy (non-hydrogen) atoms. The molecule has 1 atom stereocenters. The van der Waals surface area contributed by atoms with Gasteiger partial charge in [0.05, 0.1) is 18.2 Å². The number of nitrogens with one attached hydrogen (secondary N) is 1. The van der Waals surface area contributed by atoms with E-state index in [1.54, 1.807) is 33.8 Å². The number of allylic oxidation sites excluding steroid dienone is 1. The van der Waals surface area contributed by atoms with Crippen LogP contribution < -0.4 is 5.32 Å². The van der Waals surface area contributed by atoms with Gasteiger partial charge in [-0.3, -0.25) is 4.79 Å². The third kappa shape index (κ3) is 3.27. The molecule has 1 aromatic heterocycles. The fourth-order valence-electron chi connectivity index (χ4n) is 3.20. The molecule has 1 N–H and O–H groups in total. The lowest BCUT2D eigenvalue weighted by molar-refractivity contribution is -0.127. The van der Waals surface area contributed by atoms with Crippen LogP contribution in [0, 0.1) is 0 Å². The lowest BCUT2D eigenvalue weighted by Crippen LogP contribution is -2.38. The van der Waals surface area contributed by atoms with Gasteiger partial charge in [0.1, 0.15) is 6.04 Å². The van der Waals surface area contributed by atoms with Crippen LogP contribution in [-0.4, -0.2) is 57.2 Å². The molecular weight excluding hydrogens is 348 g/mol. The third-order valence-corrected chi connectivity index (χ3v) is 4.64. The van der Waals surface area contributed by atoms with Crippen LogP contribution in [0.15, 0.2) is 35.5 Å². The first-order valence-electron chi connectivity index (χ1n) is 8.75. The summed E-state index contributed by atoms with van der Waals surface area (Å²) in [5, 5.41) is 14.9. The lowest BCUT2D eigenvalue weighted by atomic mass is 9.94. The summed E-state index contributed by atoms with van der Waals surface area (Å²) in [6.45, 7) is 6.92. The number of benzene rings is 1. The molecule has 142 valence electrons. The van der Waals surface area contributed by atoms with E-state index in [0.29, 0.717) is 35.9 Å². The Balaban J connectivity index is 2.08. The third-order valence-electron chi connectivity index (χ3n) is 4.64. The molecule has 1 amide bonds. The van der Waals surface area contributed by atoms with E-state index in [1.165, 1.54) is 7.11 Å². The first-order chi connectivity index (χ1) is 13.0. The number of amides is 1. The number of fused-ring (bicyclic) bond motifs is 1.